The molecule has 0 aromatic heterocycles. The molecule has 0 aliphatic carbocycles. The number of nitro groups is 1. The second kappa shape index (κ2) is 6.12. The van der Waals surface area contributed by atoms with Crippen molar-refractivity contribution in [1.29, 1.82) is 0 Å². The van der Waals surface area contributed by atoms with E-state index in [9.17, 15) is 14.5 Å². The lowest BCUT2D eigenvalue weighted by molar-refractivity contribution is -0.384. The van der Waals surface area contributed by atoms with E-state index in [1.807, 2.05) is 30.3 Å². The van der Waals surface area contributed by atoms with Gasteiger partial charge in [0.2, 0.25) is 0 Å². The molecule has 2 rings (SSSR count). The molecular weight excluding hydrogens is 263 g/mol. The first-order valence-electron chi connectivity index (χ1n) is 5.92. The van der Waals surface area contributed by atoms with Gasteiger partial charge in [-0.2, -0.15) is 0 Å². The molecule has 6 heteroatoms. The molecule has 0 unspecified atom stereocenters. The Morgan fingerprint density at radius 3 is 2.60 bits per heavy atom. The van der Waals surface area contributed by atoms with Crippen molar-refractivity contribution < 1.29 is 14.2 Å². The van der Waals surface area contributed by atoms with Gasteiger partial charge in [0.15, 0.2) is 0 Å². The Kier molecular flexibility index (Phi) is 4.27. The molecule has 0 heterocycles. The lowest BCUT2D eigenvalue weighted by Crippen LogP contribution is -2.18. The first kappa shape index (κ1) is 14.0. The molecule has 0 fully saturated rings. The van der Waals surface area contributed by atoms with Gasteiger partial charge < -0.3 is 0 Å². The van der Waals surface area contributed by atoms with Gasteiger partial charge in [-0.05, 0) is 17.7 Å². The van der Waals surface area contributed by atoms with Crippen molar-refractivity contribution in [2.24, 2.45) is 0 Å². The number of hydrogen-bond acceptors (Lipinski definition) is 4. The molecule has 0 aliphatic heterocycles. The average molecular weight is 276 g/mol. The van der Waals surface area contributed by atoms with Gasteiger partial charge in [0.1, 0.15) is 11.5 Å². The predicted molar refractivity (Wildman–Crippen MR) is 72.7 cm³/mol. The number of benzene rings is 2. The van der Waals surface area contributed by atoms with Crippen LogP contribution < -0.4 is 5.06 Å². The van der Waals surface area contributed by atoms with E-state index in [1.165, 1.54) is 11.1 Å². The number of nitrogens with zero attached hydrogens (tertiary/aromatic N) is 2. The van der Waals surface area contributed by atoms with Crippen molar-refractivity contribution in [1.82, 2.24) is 0 Å². The van der Waals surface area contributed by atoms with Gasteiger partial charge in [-0.1, -0.05) is 30.3 Å². The van der Waals surface area contributed by atoms with Crippen molar-refractivity contribution in [2.45, 2.75) is 6.61 Å². The third kappa shape index (κ3) is 3.30. The van der Waals surface area contributed by atoms with Crippen molar-refractivity contribution in [3.63, 3.8) is 0 Å². The summed E-state index contributed by atoms with van der Waals surface area (Å²) in [7, 11) is 1.54. The Morgan fingerprint density at radius 1 is 1.25 bits per heavy atom. The van der Waals surface area contributed by atoms with Gasteiger partial charge in [-0.15, -0.1) is 0 Å². The van der Waals surface area contributed by atoms with Crippen LogP contribution in [0.1, 0.15) is 5.56 Å². The van der Waals surface area contributed by atoms with Crippen LogP contribution in [0.2, 0.25) is 0 Å². The summed E-state index contributed by atoms with van der Waals surface area (Å²) in [5.41, 5.74) is 0.803. The number of hydrogen-bond donors (Lipinski definition) is 0. The molecule has 0 aliphatic rings. The number of halogens is 1. The first-order chi connectivity index (χ1) is 9.58. The lowest BCUT2D eigenvalue weighted by atomic mass is 10.2. The maximum absolute atomic E-state index is 13.1. The molecule has 20 heavy (non-hydrogen) atoms. The van der Waals surface area contributed by atoms with E-state index in [1.54, 1.807) is 7.05 Å². The Labute approximate surface area is 115 Å². The summed E-state index contributed by atoms with van der Waals surface area (Å²) in [4.78, 5) is 15.7. The van der Waals surface area contributed by atoms with E-state index >= 15 is 0 Å². The highest BCUT2D eigenvalue weighted by atomic mass is 19.1. The highest BCUT2D eigenvalue weighted by molar-refractivity contribution is 5.61. The Morgan fingerprint density at radius 2 is 1.95 bits per heavy atom. The van der Waals surface area contributed by atoms with Crippen LogP contribution in [-0.4, -0.2) is 12.0 Å². The zero-order valence-corrected chi connectivity index (χ0v) is 10.8. The summed E-state index contributed by atoms with van der Waals surface area (Å²) >= 11 is 0. The minimum Gasteiger partial charge on any atom is -0.269 e. The third-order valence-corrected chi connectivity index (χ3v) is 2.74. The second-order valence-electron chi connectivity index (χ2n) is 4.15. The van der Waals surface area contributed by atoms with Gasteiger partial charge in [-0.3, -0.25) is 15.0 Å². The molecule has 0 N–H and O–H groups in total. The van der Waals surface area contributed by atoms with Crippen molar-refractivity contribution >= 4 is 11.4 Å². The molecule has 0 spiro atoms. The van der Waals surface area contributed by atoms with Crippen molar-refractivity contribution in [2.75, 3.05) is 12.1 Å². The minimum absolute atomic E-state index is 0.201. The molecule has 5 nitrogen and oxygen atoms in total. The van der Waals surface area contributed by atoms with Crippen molar-refractivity contribution in [3.05, 3.63) is 70.0 Å². The summed E-state index contributed by atoms with van der Waals surface area (Å²) in [5.74, 6) is -0.656. The van der Waals surface area contributed by atoms with Gasteiger partial charge in [0.05, 0.1) is 17.6 Å². The first-order valence-corrected chi connectivity index (χ1v) is 5.92. The normalized spacial score (nSPS) is 10.3. The second-order valence-corrected chi connectivity index (χ2v) is 4.15. The summed E-state index contributed by atoms with van der Waals surface area (Å²) in [6.07, 6.45) is 0. The topological polar surface area (TPSA) is 55.6 Å². The molecule has 0 saturated carbocycles. The fraction of sp³-hybridized carbons (Fsp3) is 0.143. The van der Waals surface area contributed by atoms with Gasteiger partial charge in [0.25, 0.3) is 5.69 Å². The largest absolute Gasteiger partial charge is 0.297 e. The van der Waals surface area contributed by atoms with Crippen LogP contribution in [-0.2, 0) is 11.4 Å². The molecule has 0 saturated heterocycles. The van der Waals surface area contributed by atoms with Gasteiger partial charge in [0, 0.05) is 7.05 Å². The summed E-state index contributed by atoms with van der Waals surface area (Å²) in [5, 5.41) is 12.2. The summed E-state index contributed by atoms with van der Waals surface area (Å²) in [6.45, 7) is 0.270. The molecule has 0 atom stereocenters. The Balaban J connectivity index is 2.13. The Hall–Kier alpha value is -2.47. The van der Waals surface area contributed by atoms with Crippen LogP contribution in [0.15, 0.2) is 48.5 Å². The van der Waals surface area contributed by atoms with E-state index in [0.29, 0.717) is 0 Å². The summed E-state index contributed by atoms with van der Waals surface area (Å²) in [6, 6.07) is 12.7. The van der Waals surface area contributed by atoms with Crippen LogP contribution in [0.4, 0.5) is 15.8 Å². The molecular formula is C14H13FN2O3. The van der Waals surface area contributed by atoms with Gasteiger partial charge in [-0.25, -0.2) is 9.45 Å². The molecule has 2 aromatic carbocycles. The highest BCUT2D eigenvalue weighted by Crippen LogP contribution is 2.28. The maximum Gasteiger partial charge on any atom is 0.297 e. The van der Waals surface area contributed by atoms with E-state index in [2.05, 4.69) is 0 Å². The van der Waals surface area contributed by atoms with E-state index in [0.717, 1.165) is 17.7 Å². The number of nitro benzene ring substituents is 1. The smallest absolute Gasteiger partial charge is 0.269 e. The van der Waals surface area contributed by atoms with Gasteiger partial charge >= 0.3 is 0 Å². The van der Waals surface area contributed by atoms with E-state index < -0.39 is 10.7 Å². The number of rotatable bonds is 5. The van der Waals surface area contributed by atoms with Crippen LogP contribution in [0.3, 0.4) is 0 Å². The molecule has 0 radical (unpaired) electrons. The zero-order chi connectivity index (χ0) is 14.5. The predicted octanol–water partition coefficient (Wildman–Crippen LogP) is 3.30. The fourth-order valence-corrected chi connectivity index (χ4v) is 1.72. The minimum atomic E-state index is -0.656. The average Bonchev–Trinajstić information content (AvgIpc) is 2.45. The molecule has 104 valence electrons. The Bertz CT molecular complexity index is 605. The maximum atomic E-state index is 13.1. The number of anilines is 1. The van der Waals surface area contributed by atoms with Crippen LogP contribution in [0, 0.1) is 15.9 Å². The van der Waals surface area contributed by atoms with Crippen LogP contribution in [0.25, 0.3) is 0 Å². The summed E-state index contributed by atoms with van der Waals surface area (Å²) < 4.78 is 13.1. The monoisotopic (exact) mass is 276 g/mol. The standard InChI is InChI=1S/C14H13FN2O3/c1-16(20-10-11-5-3-2-4-6-11)13-8-7-12(15)9-14(13)17(18)19/h2-9H,10H2,1H3. The molecule has 2 aromatic rings. The van der Waals surface area contributed by atoms with E-state index in [-0.39, 0.29) is 18.0 Å². The third-order valence-electron chi connectivity index (χ3n) is 2.74. The quantitative estimate of drug-likeness (QED) is 0.621. The molecule has 0 bridgehead atoms. The van der Waals surface area contributed by atoms with Crippen molar-refractivity contribution in [3.8, 4) is 0 Å². The lowest BCUT2D eigenvalue weighted by Gasteiger charge is -2.18. The highest BCUT2D eigenvalue weighted by Gasteiger charge is 2.18. The van der Waals surface area contributed by atoms with Crippen LogP contribution in [0.5, 0.6) is 0 Å². The van der Waals surface area contributed by atoms with Crippen LogP contribution >= 0.6 is 0 Å². The zero-order valence-electron chi connectivity index (χ0n) is 10.8. The molecule has 0 amide bonds. The van der Waals surface area contributed by atoms with E-state index in [4.69, 9.17) is 4.84 Å². The number of hydroxylamine groups is 1. The fourth-order valence-electron chi connectivity index (χ4n) is 1.72. The SMILES string of the molecule is CN(OCc1ccccc1)c1ccc(F)cc1[N+](=O)[O-].